The summed E-state index contributed by atoms with van der Waals surface area (Å²) in [4.78, 5) is 27.5. The van der Waals surface area contributed by atoms with Crippen molar-refractivity contribution < 1.29 is 9.59 Å². The van der Waals surface area contributed by atoms with Gasteiger partial charge in [-0.3, -0.25) is 4.79 Å². The third kappa shape index (κ3) is 6.05. The maximum Gasteiger partial charge on any atom is 0.317 e. The molecule has 0 bridgehead atoms. The lowest BCUT2D eigenvalue weighted by Crippen LogP contribution is -2.42. The summed E-state index contributed by atoms with van der Waals surface area (Å²) in [6.45, 7) is 5.92. The molecule has 1 atom stereocenters. The number of nitrogens with zero attached hydrogens (tertiary/aromatic N) is 2. The van der Waals surface area contributed by atoms with E-state index in [4.69, 9.17) is 5.73 Å². The predicted molar refractivity (Wildman–Crippen MR) is 99.0 cm³/mol. The molecule has 1 saturated heterocycles. The molecule has 2 rings (SSSR count). The van der Waals surface area contributed by atoms with Crippen LogP contribution in [0.5, 0.6) is 0 Å². The molecule has 1 heterocycles. The molecule has 1 aliphatic heterocycles. The van der Waals surface area contributed by atoms with Crippen LogP contribution in [0.3, 0.4) is 0 Å². The van der Waals surface area contributed by atoms with E-state index < -0.39 is 0 Å². The van der Waals surface area contributed by atoms with Gasteiger partial charge in [0.2, 0.25) is 5.91 Å². The first kappa shape index (κ1) is 19.2. The van der Waals surface area contributed by atoms with Gasteiger partial charge in [-0.2, -0.15) is 0 Å². The summed E-state index contributed by atoms with van der Waals surface area (Å²) in [6.07, 6.45) is 2.78. The first-order chi connectivity index (χ1) is 12.0. The molecule has 3 N–H and O–H groups in total. The highest BCUT2D eigenvalue weighted by atomic mass is 16.2. The molecule has 6 nitrogen and oxygen atoms in total. The fourth-order valence-corrected chi connectivity index (χ4v) is 3.24. The molecule has 0 spiro atoms. The normalized spacial score (nSPS) is 17.9. The summed E-state index contributed by atoms with van der Waals surface area (Å²) in [5.41, 5.74) is 7.75. The number of hydrogen-bond donors (Lipinski definition) is 2. The molecule has 25 heavy (non-hydrogen) atoms. The maximum atomic E-state index is 12.2. The fourth-order valence-electron chi connectivity index (χ4n) is 3.24. The van der Waals surface area contributed by atoms with Crippen LogP contribution in [0.25, 0.3) is 0 Å². The smallest absolute Gasteiger partial charge is 0.317 e. The van der Waals surface area contributed by atoms with Crippen LogP contribution in [0.4, 0.5) is 4.79 Å². The average molecular weight is 346 g/mol. The van der Waals surface area contributed by atoms with E-state index in [2.05, 4.69) is 23.2 Å². The van der Waals surface area contributed by atoms with Crippen molar-refractivity contribution in [2.45, 2.75) is 32.7 Å². The highest BCUT2D eigenvalue weighted by Gasteiger charge is 2.23. The van der Waals surface area contributed by atoms with Gasteiger partial charge in [0.25, 0.3) is 0 Å². The molecule has 6 heteroatoms. The Morgan fingerprint density at radius 2 is 2.12 bits per heavy atom. The highest BCUT2D eigenvalue weighted by Crippen LogP contribution is 2.16. The van der Waals surface area contributed by atoms with Crippen molar-refractivity contribution in [1.29, 1.82) is 0 Å². The zero-order valence-electron chi connectivity index (χ0n) is 15.3. The van der Waals surface area contributed by atoms with Gasteiger partial charge in [0.05, 0.1) is 5.92 Å². The molecule has 1 aromatic carbocycles. The number of urea groups is 1. The van der Waals surface area contributed by atoms with Crippen LogP contribution in [0.2, 0.25) is 0 Å². The monoisotopic (exact) mass is 346 g/mol. The minimum atomic E-state index is -0.198. The van der Waals surface area contributed by atoms with E-state index in [0.717, 1.165) is 44.5 Å². The highest BCUT2D eigenvalue weighted by molar-refractivity contribution is 5.77. The third-order valence-electron chi connectivity index (χ3n) is 4.85. The Bertz CT molecular complexity index is 591. The molecule has 0 saturated carbocycles. The second-order valence-electron chi connectivity index (χ2n) is 6.91. The fraction of sp³-hybridized carbons (Fsp3) is 0.579. The Morgan fingerprint density at radius 1 is 1.36 bits per heavy atom. The van der Waals surface area contributed by atoms with Crippen LogP contribution >= 0.6 is 0 Å². The van der Waals surface area contributed by atoms with Crippen LogP contribution in [-0.4, -0.2) is 55.0 Å². The van der Waals surface area contributed by atoms with Gasteiger partial charge in [0.15, 0.2) is 0 Å². The maximum absolute atomic E-state index is 12.2. The van der Waals surface area contributed by atoms with Crippen LogP contribution < -0.4 is 11.1 Å². The van der Waals surface area contributed by atoms with Gasteiger partial charge in [0.1, 0.15) is 0 Å². The molecular weight excluding hydrogens is 316 g/mol. The Kier molecular flexibility index (Phi) is 7.25. The molecule has 3 amide bonds. The zero-order valence-corrected chi connectivity index (χ0v) is 15.3. The van der Waals surface area contributed by atoms with Gasteiger partial charge in [-0.15, -0.1) is 0 Å². The van der Waals surface area contributed by atoms with Crippen LogP contribution in [0.1, 0.15) is 30.4 Å². The van der Waals surface area contributed by atoms with Gasteiger partial charge >= 0.3 is 6.03 Å². The van der Waals surface area contributed by atoms with Crippen molar-refractivity contribution >= 4 is 11.9 Å². The minimum Gasteiger partial charge on any atom is -0.369 e. The molecule has 138 valence electrons. The van der Waals surface area contributed by atoms with Crippen molar-refractivity contribution in [3.63, 3.8) is 0 Å². The summed E-state index contributed by atoms with van der Waals surface area (Å²) in [5, 5.41) is 2.96. The largest absolute Gasteiger partial charge is 0.369 e. The van der Waals surface area contributed by atoms with Gasteiger partial charge in [-0.25, -0.2) is 4.79 Å². The lowest BCUT2D eigenvalue weighted by atomic mass is 9.97. The predicted octanol–water partition coefficient (Wildman–Crippen LogP) is 1.72. The van der Waals surface area contributed by atoms with E-state index in [1.807, 2.05) is 25.2 Å². The van der Waals surface area contributed by atoms with Gasteiger partial charge in [0, 0.05) is 26.7 Å². The number of carbonyl (C=O) groups is 2. The number of nitrogens with one attached hydrogen (secondary N) is 1. The lowest BCUT2D eigenvalue weighted by Gasteiger charge is -2.31. The van der Waals surface area contributed by atoms with E-state index in [-0.39, 0.29) is 17.9 Å². The van der Waals surface area contributed by atoms with Gasteiger partial charge in [-0.1, -0.05) is 24.3 Å². The standard InChI is InChI=1S/C19H30N4O2/c1-15-7-3-4-8-16(15)13-22(2)19(25)21-10-6-12-23-11-5-9-17(14-23)18(20)24/h3-4,7-8,17H,5-6,9-14H2,1-2H3,(H2,20,24)(H,21,25)/t17-/m0/s1. The Hall–Kier alpha value is -2.08. The summed E-state index contributed by atoms with van der Waals surface area (Å²) in [6, 6.07) is 8.04. The van der Waals surface area contributed by atoms with Gasteiger partial charge < -0.3 is 20.9 Å². The van der Waals surface area contributed by atoms with E-state index in [1.54, 1.807) is 4.90 Å². The number of carbonyl (C=O) groups excluding carboxylic acids is 2. The molecule has 0 radical (unpaired) electrons. The second-order valence-corrected chi connectivity index (χ2v) is 6.91. The number of aryl methyl sites for hydroxylation is 1. The number of primary amides is 1. The second kappa shape index (κ2) is 9.42. The van der Waals surface area contributed by atoms with Crippen molar-refractivity contribution in [1.82, 2.24) is 15.1 Å². The van der Waals surface area contributed by atoms with Gasteiger partial charge in [-0.05, 0) is 50.4 Å². The van der Waals surface area contributed by atoms with Crippen molar-refractivity contribution in [3.05, 3.63) is 35.4 Å². The first-order valence-corrected chi connectivity index (χ1v) is 9.02. The summed E-state index contributed by atoms with van der Waals surface area (Å²) in [7, 11) is 1.81. The summed E-state index contributed by atoms with van der Waals surface area (Å²) in [5.74, 6) is -0.223. The number of hydrogen-bond acceptors (Lipinski definition) is 3. The average Bonchev–Trinajstić information content (AvgIpc) is 2.60. The first-order valence-electron chi connectivity index (χ1n) is 9.02. The molecular formula is C19H30N4O2. The molecule has 0 unspecified atom stereocenters. The molecule has 1 aliphatic rings. The Balaban J connectivity index is 1.66. The number of amides is 3. The SMILES string of the molecule is Cc1ccccc1CN(C)C(=O)NCCCN1CCC[C@H](C(N)=O)C1. The van der Waals surface area contributed by atoms with Crippen LogP contribution in [0.15, 0.2) is 24.3 Å². The number of likely N-dealkylation sites (tertiary alicyclic amines) is 1. The number of rotatable bonds is 7. The third-order valence-corrected chi connectivity index (χ3v) is 4.85. The summed E-state index contributed by atoms with van der Waals surface area (Å²) < 4.78 is 0. The number of benzene rings is 1. The molecule has 1 aromatic rings. The van der Waals surface area contributed by atoms with Crippen molar-refractivity contribution in [3.8, 4) is 0 Å². The van der Waals surface area contributed by atoms with Crippen LogP contribution in [-0.2, 0) is 11.3 Å². The quantitative estimate of drug-likeness (QED) is 0.738. The Morgan fingerprint density at radius 3 is 2.84 bits per heavy atom. The molecule has 0 aromatic heterocycles. The van der Waals surface area contributed by atoms with E-state index >= 15 is 0 Å². The van der Waals surface area contributed by atoms with E-state index in [1.165, 1.54) is 5.56 Å². The molecule has 1 fully saturated rings. The Labute approximate surface area is 150 Å². The van der Waals surface area contributed by atoms with Crippen molar-refractivity contribution in [2.75, 3.05) is 33.2 Å². The van der Waals surface area contributed by atoms with Crippen LogP contribution in [0, 0.1) is 12.8 Å². The van der Waals surface area contributed by atoms with Crippen molar-refractivity contribution in [2.24, 2.45) is 11.7 Å². The zero-order chi connectivity index (χ0) is 18.2. The molecule has 0 aliphatic carbocycles. The summed E-state index contributed by atoms with van der Waals surface area (Å²) >= 11 is 0. The van der Waals surface area contributed by atoms with E-state index in [9.17, 15) is 9.59 Å². The number of piperidine rings is 1. The topological polar surface area (TPSA) is 78.7 Å². The van der Waals surface area contributed by atoms with E-state index in [0.29, 0.717) is 13.1 Å². The minimum absolute atomic E-state index is 0.0245. The number of nitrogens with two attached hydrogens (primary N) is 1. The lowest BCUT2D eigenvalue weighted by molar-refractivity contribution is -0.123.